The highest BCUT2D eigenvalue weighted by Crippen LogP contribution is 2.23. The molecule has 2 rings (SSSR count). The fraction of sp³-hybridized carbons (Fsp3) is 0.600. The van der Waals surface area contributed by atoms with Crippen molar-refractivity contribution in [3.63, 3.8) is 0 Å². The summed E-state index contributed by atoms with van der Waals surface area (Å²) in [5.74, 6) is 1.32. The number of nitrogens with zero attached hydrogens (tertiary/aromatic N) is 1. The lowest BCUT2D eigenvalue weighted by Crippen LogP contribution is -2.24. The van der Waals surface area contributed by atoms with Gasteiger partial charge in [0.1, 0.15) is 15.6 Å². The number of carbonyl (C=O) groups is 1. The maximum Gasteiger partial charge on any atom is 0.155 e. The van der Waals surface area contributed by atoms with Crippen LogP contribution in [0.15, 0.2) is 10.7 Å². The van der Waals surface area contributed by atoms with E-state index in [9.17, 15) is 13.2 Å². The molecule has 0 aromatic carbocycles. The van der Waals surface area contributed by atoms with Crippen molar-refractivity contribution in [2.75, 3.05) is 11.5 Å². The molecule has 1 fully saturated rings. The summed E-state index contributed by atoms with van der Waals surface area (Å²) < 4.78 is 27.4. The Morgan fingerprint density at radius 1 is 1.44 bits per heavy atom. The van der Waals surface area contributed by atoms with E-state index < -0.39 is 9.84 Å². The molecule has 16 heavy (non-hydrogen) atoms. The Hall–Kier alpha value is -1.17. The van der Waals surface area contributed by atoms with E-state index in [1.165, 1.54) is 6.20 Å². The number of aromatic nitrogens is 1. The number of carbonyl (C=O) groups excluding carboxylic acids is 1. The molecular formula is C10H13NO4S. The highest BCUT2D eigenvalue weighted by molar-refractivity contribution is 7.91. The lowest BCUT2D eigenvalue weighted by atomic mass is 9.96. The number of rotatable bonds is 3. The first-order valence-electron chi connectivity index (χ1n) is 5.20. The molecule has 1 saturated heterocycles. The van der Waals surface area contributed by atoms with E-state index in [2.05, 4.69) is 5.16 Å². The minimum atomic E-state index is -2.83. The van der Waals surface area contributed by atoms with Gasteiger partial charge in [-0.05, 0) is 18.8 Å². The molecule has 0 N–H and O–H groups in total. The largest absolute Gasteiger partial charge is 0.361 e. The van der Waals surface area contributed by atoms with Crippen molar-refractivity contribution in [2.45, 2.75) is 19.3 Å². The molecule has 5 nitrogen and oxygen atoms in total. The fourth-order valence-electron chi connectivity index (χ4n) is 1.93. The average molecular weight is 243 g/mol. The van der Waals surface area contributed by atoms with E-state index in [4.69, 9.17) is 4.52 Å². The first kappa shape index (κ1) is 11.3. The summed E-state index contributed by atoms with van der Waals surface area (Å²) in [6, 6.07) is 0. The Morgan fingerprint density at radius 3 is 2.75 bits per heavy atom. The molecule has 1 aromatic heterocycles. The van der Waals surface area contributed by atoms with E-state index in [-0.39, 0.29) is 17.4 Å². The number of hydrogen-bond acceptors (Lipinski definition) is 5. The molecule has 0 spiro atoms. The lowest BCUT2D eigenvalue weighted by molar-refractivity contribution is 0.112. The van der Waals surface area contributed by atoms with E-state index in [0.717, 1.165) is 0 Å². The zero-order chi connectivity index (χ0) is 11.6. The topological polar surface area (TPSA) is 77.2 Å². The third-order valence-electron chi connectivity index (χ3n) is 2.95. The Balaban J connectivity index is 1.99. The van der Waals surface area contributed by atoms with Gasteiger partial charge < -0.3 is 4.52 Å². The van der Waals surface area contributed by atoms with Crippen LogP contribution in [-0.4, -0.2) is 31.4 Å². The molecule has 0 atom stereocenters. The van der Waals surface area contributed by atoms with Gasteiger partial charge in [-0.2, -0.15) is 0 Å². The normalized spacial score (nSPS) is 20.8. The van der Waals surface area contributed by atoms with E-state index in [0.29, 0.717) is 36.9 Å². The van der Waals surface area contributed by atoms with Gasteiger partial charge in [-0.3, -0.25) is 4.79 Å². The number of sulfone groups is 1. The minimum absolute atomic E-state index is 0.238. The van der Waals surface area contributed by atoms with E-state index >= 15 is 0 Å². The molecule has 0 unspecified atom stereocenters. The summed E-state index contributed by atoms with van der Waals surface area (Å²) in [7, 11) is -2.83. The van der Waals surface area contributed by atoms with Crippen molar-refractivity contribution >= 4 is 16.1 Å². The summed E-state index contributed by atoms with van der Waals surface area (Å²) in [6.45, 7) is 0. The van der Waals surface area contributed by atoms with Gasteiger partial charge in [-0.15, -0.1) is 0 Å². The van der Waals surface area contributed by atoms with Crippen LogP contribution in [0.1, 0.15) is 29.0 Å². The molecule has 0 amide bonds. The first-order valence-corrected chi connectivity index (χ1v) is 7.02. The summed E-state index contributed by atoms with van der Waals surface area (Å²) in [5.41, 5.74) is 0.466. The van der Waals surface area contributed by atoms with Crippen molar-refractivity contribution in [1.29, 1.82) is 0 Å². The predicted octanol–water partition coefficient (Wildman–Crippen LogP) is 0.854. The summed E-state index contributed by atoms with van der Waals surface area (Å²) in [4.78, 5) is 10.6. The van der Waals surface area contributed by atoms with Crippen LogP contribution < -0.4 is 0 Å². The third kappa shape index (κ3) is 2.49. The quantitative estimate of drug-likeness (QED) is 0.736. The Bertz CT molecular complexity index is 463. The third-order valence-corrected chi connectivity index (χ3v) is 4.67. The maximum absolute atomic E-state index is 11.2. The fourth-order valence-corrected chi connectivity index (χ4v) is 3.52. The van der Waals surface area contributed by atoms with Crippen LogP contribution in [0.5, 0.6) is 0 Å². The molecule has 1 aliphatic heterocycles. The zero-order valence-corrected chi connectivity index (χ0v) is 9.57. The molecule has 0 radical (unpaired) electrons. The molecule has 88 valence electrons. The highest BCUT2D eigenvalue weighted by Gasteiger charge is 2.25. The van der Waals surface area contributed by atoms with Crippen molar-refractivity contribution in [1.82, 2.24) is 5.16 Å². The van der Waals surface area contributed by atoms with Crippen LogP contribution in [0.3, 0.4) is 0 Å². The van der Waals surface area contributed by atoms with Crippen LogP contribution in [-0.2, 0) is 16.3 Å². The van der Waals surface area contributed by atoms with Gasteiger partial charge in [-0.1, -0.05) is 5.16 Å². The molecule has 1 aromatic rings. The van der Waals surface area contributed by atoms with Crippen LogP contribution in [0.25, 0.3) is 0 Å². The van der Waals surface area contributed by atoms with Crippen molar-refractivity contribution < 1.29 is 17.7 Å². The monoisotopic (exact) mass is 243 g/mol. The second-order valence-corrected chi connectivity index (χ2v) is 6.43. The second-order valence-electron chi connectivity index (χ2n) is 4.12. The summed E-state index contributed by atoms with van der Waals surface area (Å²) >= 11 is 0. The van der Waals surface area contributed by atoms with Gasteiger partial charge in [0.05, 0.1) is 23.3 Å². The van der Waals surface area contributed by atoms with Crippen molar-refractivity contribution in [3.05, 3.63) is 17.5 Å². The Kier molecular flexibility index (Phi) is 3.09. The molecule has 6 heteroatoms. The van der Waals surface area contributed by atoms with Gasteiger partial charge in [0.2, 0.25) is 0 Å². The SMILES string of the molecule is O=Cc1cnoc1CC1CCS(=O)(=O)CC1. The molecule has 0 bridgehead atoms. The van der Waals surface area contributed by atoms with Crippen LogP contribution in [0.2, 0.25) is 0 Å². The van der Waals surface area contributed by atoms with Gasteiger partial charge in [0.15, 0.2) is 6.29 Å². The minimum Gasteiger partial charge on any atom is -0.361 e. The van der Waals surface area contributed by atoms with Gasteiger partial charge >= 0.3 is 0 Å². The molecular weight excluding hydrogens is 230 g/mol. The first-order chi connectivity index (χ1) is 7.61. The standard InChI is InChI=1S/C10H13NO4S/c12-7-9-6-11-15-10(9)5-8-1-3-16(13,14)4-2-8/h6-8H,1-5H2. The molecule has 1 aliphatic rings. The lowest BCUT2D eigenvalue weighted by Gasteiger charge is -2.20. The number of aldehydes is 1. The molecule has 2 heterocycles. The summed E-state index contributed by atoms with van der Waals surface area (Å²) in [6.07, 6.45) is 3.99. The molecule has 0 aliphatic carbocycles. The van der Waals surface area contributed by atoms with Crippen LogP contribution in [0, 0.1) is 5.92 Å². The van der Waals surface area contributed by atoms with Crippen molar-refractivity contribution in [3.8, 4) is 0 Å². The van der Waals surface area contributed by atoms with Gasteiger partial charge in [0, 0.05) is 6.42 Å². The predicted molar refractivity (Wildman–Crippen MR) is 57.0 cm³/mol. The second kappa shape index (κ2) is 4.37. The van der Waals surface area contributed by atoms with E-state index in [1.54, 1.807) is 0 Å². The van der Waals surface area contributed by atoms with Crippen molar-refractivity contribution in [2.24, 2.45) is 5.92 Å². The molecule has 0 saturated carbocycles. The average Bonchev–Trinajstić information content (AvgIpc) is 2.68. The Morgan fingerprint density at radius 2 is 2.12 bits per heavy atom. The van der Waals surface area contributed by atoms with E-state index in [1.807, 2.05) is 0 Å². The van der Waals surface area contributed by atoms with Crippen LogP contribution in [0.4, 0.5) is 0 Å². The zero-order valence-electron chi connectivity index (χ0n) is 8.76. The maximum atomic E-state index is 11.2. The summed E-state index contributed by atoms with van der Waals surface area (Å²) in [5, 5.41) is 3.56. The van der Waals surface area contributed by atoms with Gasteiger partial charge in [0.25, 0.3) is 0 Å². The van der Waals surface area contributed by atoms with Gasteiger partial charge in [-0.25, -0.2) is 8.42 Å². The van der Waals surface area contributed by atoms with Crippen LogP contribution >= 0.6 is 0 Å². The highest BCUT2D eigenvalue weighted by atomic mass is 32.2. The number of hydrogen-bond donors (Lipinski definition) is 0. The Labute approximate surface area is 93.7 Å². The smallest absolute Gasteiger partial charge is 0.155 e.